The Balaban J connectivity index is 0.000000496. The molecule has 41 heavy (non-hydrogen) atoms. The van der Waals surface area contributed by atoms with Crippen LogP contribution < -0.4 is 4.74 Å². The second kappa shape index (κ2) is 14.2. The molecular weight excluding hydrogens is 598 g/mol. The molecule has 0 aliphatic rings. The van der Waals surface area contributed by atoms with Crippen molar-refractivity contribution >= 4 is 40.5 Å². The molecule has 0 radical (unpaired) electrons. The van der Waals surface area contributed by atoms with Crippen LogP contribution in [0.5, 0.6) is 5.75 Å². The molecule has 4 aromatic rings. The third-order valence-corrected chi connectivity index (χ3v) is 8.04. The quantitative estimate of drug-likeness (QED) is 0.194. The number of aliphatic hydroxyl groups excluding tert-OH is 1. The highest BCUT2D eigenvalue weighted by atomic mass is 35.5. The largest absolute Gasteiger partial charge is 0.478 e. The molecule has 0 spiro atoms. The normalized spacial score (nSPS) is 11.5. The summed E-state index contributed by atoms with van der Waals surface area (Å²) in [6, 6.07) is 16.0. The molecule has 0 unspecified atom stereocenters. The molecule has 0 saturated carbocycles. The second-order valence-electron chi connectivity index (χ2n) is 9.48. The summed E-state index contributed by atoms with van der Waals surface area (Å²) in [5.74, 6) is -0.914. The van der Waals surface area contributed by atoms with Gasteiger partial charge in [-0.25, -0.2) is 4.79 Å². The van der Waals surface area contributed by atoms with E-state index in [1.54, 1.807) is 30.6 Å². The number of carboxylic acids is 1. The predicted octanol–water partition coefficient (Wildman–Crippen LogP) is 8.73. The van der Waals surface area contributed by atoms with Gasteiger partial charge in [-0.1, -0.05) is 47.5 Å². The maximum absolute atomic E-state index is 12.7. The van der Waals surface area contributed by atoms with Crippen LogP contribution >= 0.6 is 34.5 Å². The fourth-order valence-corrected chi connectivity index (χ4v) is 5.13. The number of aliphatic hydroxyl groups is 1. The standard InChI is InChI=1S/C24H21Cl2F3O3S.C6H7NO/c1-23(2,22(30)31)32-18-12-8-15(20(25)21(18)26)4-3-5-17-11-13-19(33-17)14-6-9-16(10-7-14)24(27,28)29;8-5-6-2-1-3-7-4-6/h6-13H,3-5H2,1-2H3,(H,30,31);1-4,8H,5H2. The molecule has 2 aromatic carbocycles. The summed E-state index contributed by atoms with van der Waals surface area (Å²) >= 11 is 14.2. The molecular formula is C30H28Cl2F3NO4S. The predicted molar refractivity (Wildman–Crippen MR) is 156 cm³/mol. The number of alkyl halides is 3. The minimum absolute atomic E-state index is 0.0772. The van der Waals surface area contributed by atoms with Gasteiger partial charge in [0.1, 0.15) is 10.8 Å². The molecule has 0 aliphatic carbocycles. The van der Waals surface area contributed by atoms with Crippen LogP contribution in [-0.2, 0) is 30.4 Å². The molecule has 0 saturated heterocycles. The number of carboxylic acid groups (broad SMARTS) is 1. The van der Waals surface area contributed by atoms with Crippen LogP contribution in [0.4, 0.5) is 13.2 Å². The van der Waals surface area contributed by atoms with Gasteiger partial charge in [-0.05, 0) is 86.2 Å². The SMILES string of the molecule is CC(C)(Oc1ccc(CCCc2ccc(-c3ccc(C(F)(F)F)cc3)s2)c(Cl)c1Cl)C(=O)O.OCc1cccnc1. The maximum Gasteiger partial charge on any atom is 0.416 e. The number of rotatable bonds is 9. The van der Waals surface area contributed by atoms with Crippen molar-refractivity contribution < 1.29 is 32.9 Å². The average Bonchev–Trinajstić information content (AvgIpc) is 3.42. The Labute approximate surface area is 250 Å². The van der Waals surface area contributed by atoms with E-state index in [0.29, 0.717) is 11.4 Å². The van der Waals surface area contributed by atoms with Gasteiger partial charge < -0.3 is 14.9 Å². The van der Waals surface area contributed by atoms with Crippen LogP contribution in [0.1, 0.15) is 41.8 Å². The van der Waals surface area contributed by atoms with Crippen molar-refractivity contribution in [2.45, 2.75) is 51.5 Å². The Morgan fingerprint density at radius 3 is 2.24 bits per heavy atom. The highest BCUT2D eigenvalue weighted by molar-refractivity contribution is 7.15. The van der Waals surface area contributed by atoms with Crippen molar-refractivity contribution in [3.05, 3.63) is 105 Å². The first kappa shape index (κ1) is 32.4. The highest BCUT2D eigenvalue weighted by Gasteiger charge is 2.31. The van der Waals surface area contributed by atoms with Gasteiger partial charge in [0.2, 0.25) is 0 Å². The molecule has 11 heteroatoms. The lowest BCUT2D eigenvalue weighted by Crippen LogP contribution is -2.38. The zero-order chi connectivity index (χ0) is 30.2. The van der Waals surface area contributed by atoms with Crippen molar-refractivity contribution in [3.8, 4) is 16.2 Å². The zero-order valence-electron chi connectivity index (χ0n) is 22.2. The van der Waals surface area contributed by atoms with Crippen LogP contribution in [0.2, 0.25) is 10.0 Å². The first-order valence-corrected chi connectivity index (χ1v) is 14.0. The number of aryl methyl sites for hydroxylation is 2. The van der Waals surface area contributed by atoms with E-state index in [2.05, 4.69) is 4.98 Å². The van der Waals surface area contributed by atoms with E-state index in [-0.39, 0.29) is 17.4 Å². The number of pyridine rings is 1. The van der Waals surface area contributed by atoms with Crippen molar-refractivity contribution in [2.24, 2.45) is 0 Å². The molecule has 2 aromatic heterocycles. The molecule has 2 N–H and O–H groups in total. The van der Waals surface area contributed by atoms with Gasteiger partial charge in [-0.3, -0.25) is 4.98 Å². The van der Waals surface area contributed by atoms with Gasteiger partial charge in [-0.2, -0.15) is 13.2 Å². The second-order valence-corrected chi connectivity index (χ2v) is 11.4. The zero-order valence-corrected chi connectivity index (χ0v) is 24.5. The van der Waals surface area contributed by atoms with Crippen LogP contribution in [-0.4, -0.2) is 26.8 Å². The Morgan fingerprint density at radius 1 is 0.976 bits per heavy atom. The monoisotopic (exact) mass is 625 g/mol. The number of aliphatic carboxylic acids is 1. The molecule has 0 fully saturated rings. The van der Waals surface area contributed by atoms with E-state index in [9.17, 15) is 23.1 Å². The van der Waals surface area contributed by atoms with Gasteiger partial charge in [0.15, 0.2) is 5.60 Å². The van der Waals surface area contributed by atoms with Crippen LogP contribution in [0.15, 0.2) is 73.1 Å². The number of carbonyl (C=O) groups is 1. The molecule has 2 heterocycles. The highest BCUT2D eigenvalue weighted by Crippen LogP contribution is 2.38. The summed E-state index contributed by atoms with van der Waals surface area (Å²) in [5, 5.41) is 18.2. The first-order valence-electron chi connectivity index (χ1n) is 12.5. The van der Waals surface area contributed by atoms with Gasteiger partial charge >= 0.3 is 12.1 Å². The number of ether oxygens (including phenoxy) is 1. The van der Waals surface area contributed by atoms with Crippen LogP contribution in [0.25, 0.3) is 10.4 Å². The molecule has 218 valence electrons. The number of nitrogens with zero attached hydrogens (tertiary/aromatic N) is 1. The molecule has 0 atom stereocenters. The summed E-state index contributed by atoms with van der Waals surface area (Å²) in [6.45, 7) is 2.93. The van der Waals surface area contributed by atoms with E-state index >= 15 is 0 Å². The summed E-state index contributed by atoms with van der Waals surface area (Å²) in [7, 11) is 0. The van der Waals surface area contributed by atoms with E-state index in [4.69, 9.17) is 33.0 Å². The third kappa shape index (κ3) is 9.19. The lowest BCUT2D eigenvalue weighted by Gasteiger charge is -2.23. The Kier molecular flexibility index (Phi) is 11.2. The molecule has 0 aliphatic heterocycles. The Bertz CT molecular complexity index is 1440. The lowest BCUT2D eigenvalue weighted by molar-refractivity contribution is -0.152. The number of aromatic nitrogens is 1. The van der Waals surface area contributed by atoms with E-state index in [1.807, 2.05) is 18.2 Å². The summed E-state index contributed by atoms with van der Waals surface area (Å²) in [6.07, 6.45) is 1.17. The van der Waals surface area contributed by atoms with E-state index < -0.39 is 23.3 Å². The fraction of sp³-hybridized carbons (Fsp3) is 0.267. The number of hydrogen-bond acceptors (Lipinski definition) is 5. The fourth-order valence-electron chi connectivity index (χ4n) is 3.60. The Hall–Kier alpha value is -3.11. The van der Waals surface area contributed by atoms with Crippen molar-refractivity contribution in [1.29, 1.82) is 0 Å². The van der Waals surface area contributed by atoms with Crippen LogP contribution in [0, 0.1) is 0 Å². The molecule has 4 rings (SSSR count). The van der Waals surface area contributed by atoms with E-state index in [1.165, 1.54) is 37.3 Å². The number of thiophene rings is 1. The summed E-state index contributed by atoms with van der Waals surface area (Å²) in [4.78, 5) is 17.1. The topological polar surface area (TPSA) is 79.7 Å². The third-order valence-electron chi connectivity index (χ3n) is 5.94. The molecule has 5 nitrogen and oxygen atoms in total. The van der Waals surface area contributed by atoms with E-state index in [0.717, 1.165) is 51.4 Å². The Morgan fingerprint density at radius 2 is 1.68 bits per heavy atom. The first-order chi connectivity index (χ1) is 19.3. The smallest absolute Gasteiger partial charge is 0.416 e. The summed E-state index contributed by atoms with van der Waals surface area (Å²) in [5.41, 5.74) is 0.308. The van der Waals surface area contributed by atoms with Gasteiger partial charge in [-0.15, -0.1) is 11.3 Å². The van der Waals surface area contributed by atoms with Crippen molar-refractivity contribution in [3.63, 3.8) is 0 Å². The van der Waals surface area contributed by atoms with Gasteiger partial charge in [0, 0.05) is 22.1 Å². The van der Waals surface area contributed by atoms with Crippen LogP contribution in [0.3, 0.4) is 0 Å². The van der Waals surface area contributed by atoms with Gasteiger partial charge in [0.05, 0.1) is 17.2 Å². The molecule has 0 bridgehead atoms. The maximum atomic E-state index is 12.7. The van der Waals surface area contributed by atoms with Gasteiger partial charge in [0.25, 0.3) is 0 Å². The summed E-state index contributed by atoms with van der Waals surface area (Å²) < 4.78 is 43.7. The minimum Gasteiger partial charge on any atom is -0.478 e. The number of benzene rings is 2. The molecule has 0 amide bonds. The average molecular weight is 627 g/mol. The lowest BCUT2D eigenvalue weighted by atomic mass is 10.1. The number of halogens is 5. The van der Waals surface area contributed by atoms with Crippen molar-refractivity contribution in [1.82, 2.24) is 4.98 Å². The van der Waals surface area contributed by atoms with Crippen molar-refractivity contribution in [2.75, 3.05) is 0 Å². The number of hydrogen-bond donors (Lipinski definition) is 2. The minimum atomic E-state index is -4.35.